The van der Waals surface area contributed by atoms with Crippen LogP contribution in [0.15, 0.2) is 12.2 Å². The van der Waals surface area contributed by atoms with Crippen LogP contribution in [0.2, 0.25) is 0 Å². The third-order valence-electron chi connectivity index (χ3n) is 24.0. The number of phosphoric acid groups is 1. The smallest absolute Gasteiger partial charge is 0.463 e. The number of hydrogen-bond donors (Lipinski definition) is 10. The summed E-state index contributed by atoms with van der Waals surface area (Å²) in [5, 5.41) is 102. The van der Waals surface area contributed by atoms with Gasteiger partial charge < -0.3 is 88.7 Å². The van der Waals surface area contributed by atoms with Crippen LogP contribution in [-0.4, -0.2) is 205 Å². The molecule has 0 aromatic rings. The second kappa shape index (κ2) is 73.2. The number of ether oxygens (including phenoxy) is 8. The van der Waals surface area contributed by atoms with Gasteiger partial charge in [0.1, 0.15) is 92.6 Å². The zero-order chi connectivity index (χ0) is 87.5. The molecule has 2 heterocycles. The molecule has 0 amide bonds. The Kier molecular flexibility index (Phi) is 67.9. The van der Waals surface area contributed by atoms with Gasteiger partial charge in [-0.15, -0.1) is 0 Å². The molecule has 18 unspecified atom stereocenters. The van der Waals surface area contributed by atoms with E-state index in [0.717, 1.165) is 141 Å². The molecule has 0 aromatic heterocycles. The van der Waals surface area contributed by atoms with Gasteiger partial charge >= 0.3 is 31.7 Å². The van der Waals surface area contributed by atoms with Crippen LogP contribution in [0.4, 0.5) is 0 Å². The Morgan fingerprint density at radius 1 is 0.325 bits per heavy atom. The van der Waals surface area contributed by atoms with Crippen LogP contribution < -0.4 is 0 Å². The lowest BCUT2D eigenvalue weighted by atomic mass is 9.84. The highest BCUT2D eigenvalue weighted by Crippen LogP contribution is 2.49. The molecular weight excluding hydrogens is 1560 g/mol. The summed E-state index contributed by atoms with van der Waals surface area (Å²) in [6, 6.07) is 0. The molecule has 10 N–H and O–H groups in total. The lowest BCUT2D eigenvalue weighted by Gasteiger charge is -2.50. The van der Waals surface area contributed by atoms with Gasteiger partial charge in [0.25, 0.3) is 0 Å². The van der Waals surface area contributed by atoms with Crippen LogP contribution in [0.3, 0.4) is 0 Å². The van der Waals surface area contributed by atoms with E-state index in [1.807, 2.05) is 0 Å². The normalized spacial score (nSPS) is 24.7. The third kappa shape index (κ3) is 52.5. The minimum Gasteiger partial charge on any atom is -0.463 e. The van der Waals surface area contributed by atoms with E-state index in [1.54, 1.807) is 0 Å². The van der Waals surface area contributed by atoms with Gasteiger partial charge in [0.05, 0.1) is 13.2 Å². The molecule has 2 saturated heterocycles. The SMILES string of the molecule is CCCCCC/C=C\CCCCCCCCCC(=O)OC1C(O)C(O)C(OC2OC(CO)C(O)C(O)C2O)C(OP(=O)(O)OCC(COC(=O)CCCCCCCCCCCCCCCCC)OC(=O)CCCCCCCCCCCCCCCCCC)C1OC1OC(COC(=O)CCCCCCCCCCCCCCCCC)C(O)C(O)C1O. The Morgan fingerprint density at radius 3 is 1.00 bits per heavy atom. The number of unbranched alkanes of at least 4 members (excludes halogenated alkanes) is 54. The van der Waals surface area contributed by atoms with E-state index in [1.165, 1.54) is 205 Å². The maximum Gasteiger partial charge on any atom is 0.472 e. The van der Waals surface area contributed by atoms with Crippen LogP contribution in [0.25, 0.3) is 0 Å². The average molecular weight is 1740 g/mol. The number of aliphatic hydroxyl groups excluding tert-OH is 9. The summed E-state index contributed by atoms with van der Waals surface area (Å²) in [6.07, 6.45) is 33.2. The van der Waals surface area contributed by atoms with Gasteiger partial charge in [-0.3, -0.25) is 28.2 Å². The zero-order valence-corrected chi connectivity index (χ0v) is 76.3. The van der Waals surface area contributed by atoms with Crippen LogP contribution in [0.5, 0.6) is 0 Å². The van der Waals surface area contributed by atoms with Gasteiger partial charge in [-0.05, 0) is 51.4 Å². The van der Waals surface area contributed by atoms with Crippen LogP contribution in [-0.2, 0) is 70.7 Å². The molecule has 26 heteroatoms. The lowest BCUT2D eigenvalue weighted by Crippen LogP contribution is -2.70. The number of phosphoric ester groups is 1. The number of carbonyl (C=O) groups excluding carboxylic acids is 4. The first kappa shape index (κ1) is 111. The van der Waals surface area contributed by atoms with Gasteiger partial charge in [0.15, 0.2) is 24.8 Å². The summed E-state index contributed by atoms with van der Waals surface area (Å²) in [5.41, 5.74) is 0. The Hall–Kier alpha value is -2.79. The quantitative estimate of drug-likeness (QED) is 0.00889. The Morgan fingerprint density at radius 2 is 0.625 bits per heavy atom. The molecule has 0 bridgehead atoms. The molecule has 3 fully saturated rings. The van der Waals surface area contributed by atoms with Crippen molar-refractivity contribution >= 4 is 31.7 Å². The van der Waals surface area contributed by atoms with Crippen molar-refractivity contribution in [2.45, 2.75) is 536 Å². The predicted octanol–water partition coefficient (Wildman–Crippen LogP) is 18.7. The molecule has 1 saturated carbocycles. The van der Waals surface area contributed by atoms with E-state index >= 15 is 0 Å². The van der Waals surface area contributed by atoms with Crippen LogP contribution >= 0.6 is 7.82 Å². The second-order valence-corrected chi connectivity index (χ2v) is 36.4. The number of hydrogen-bond acceptors (Lipinski definition) is 24. The molecule has 3 aliphatic rings. The van der Waals surface area contributed by atoms with Crippen molar-refractivity contribution in [2.75, 3.05) is 26.4 Å². The van der Waals surface area contributed by atoms with Gasteiger partial charge in [-0.2, -0.15) is 0 Å². The summed E-state index contributed by atoms with van der Waals surface area (Å²) in [4.78, 5) is 66.6. The number of aliphatic hydroxyl groups is 9. The largest absolute Gasteiger partial charge is 0.472 e. The Labute approximate surface area is 724 Å². The third-order valence-corrected chi connectivity index (χ3v) is 25.0. The maximum absolute atomic E-state index is 14.9. The van der Waals surface area contributed by atoms with E-state index < -0.39 is 162 Å². The molecular formula is C94H175O25P. The summed E-state index contributed by atoms with van der Waals surface area (Å²) in [7, 11) is -5.81. The first-order valence-corrected chi connectivity index (χ1v) is 50.4. The molecule has 18 atom stereocenters. The van der Waals surface area contributed by atoms with Crippen molar-refractivity contribution < 1.29 is 122 Å². The van der Waals surface area contributed by atoms with Gasteiger partial charge in [-0.25, -0.2) is 4.57 Å². The molecule has 706 valence electrons. The number of carbonyl (C=O) groups is 4. The molecule has 25 nitrogen and oxygen atoms in total. The molecule has 0 radical (unpaired) electrons. The monoisotopic (exact) mass is 1740 g/mol. The number of allylic oxidation sites excluding steroid dienone is 2. The van der Waals surface area contributed by atoms with E-state index in [0.29, 0.717) is 32.1 Å². The van der Waals surface area contributed by atoms with Gasteiger partial charge in [0.2, 0.25) is 0 Å². The zero-order valence-electron chi connectivity index (χ0n) is 75.4. The van der Waals surface area contributed by atoms with Crippen LogP contribution in [0, 0.1) is 0 Å². The molecule has 0 aromatic carbocycles. The predicted molar refractivity (Wildman–Crippen MR) is 467 cm³/mol. The van der Waals surface area contributed by atoms with Crippen molar-refractivity contribution in [2.24, 2.45) is 0 Å². The summed E-state index contributed by atoms with van der Waals surface area (Å²) < 4.78 is 73.6. The molecule has 0 spiro atoms. The fourth-order valence-electron chi connectivity index (χ4n) is 16.3. The number of rotatable bonds is 80. The van der Waals surface area contributed by atoms with E-state index in [2.05, 4.69) is 39.8 Å². The molecule has 1 aliphatic carbocycles. The minimum absolute atomic E-state index is 0.0184. The lowest BCUT2D eigenvalue weighted by molar-refractivity contribution is -0.360. The molecule has 120 heavy (non-hydrogen) atoms. The molecule has 2 aliphatic heterocycles. The van der Waals surface area contributed by atoms with Crippen LogP contribution in [0.1, 0.15) is 432 Å². The first-order chi connectivity index (χ1) is 58.2. The van der Waals surface area contributed by atoms with E-state index in [-0.39, 0.29) is 25.7 Å². The van der Waals surface area contributed by atoms with Gasteiger partial charge in [0, 0.05) is 25.7 Å². The van der Waals surface area contributed by atoms with Crippen molar-refractivity contribution in [3.05, 3.63) is 12.2 Å². The van der Waals surface area contributed by atoms with Crippen molar-refractivity contribution in [1.82, 2.24) is 0 Å². The second-order valence-electron chi connectivity index (χ2n) is 34.9. The fraction of sp³-hybridized carbons (Fsp3) is 0.936. The standard InChI is InChI=1S/C94H175O25P/c1-5-9-13-17-21-25-29-33-37-41-45-48-52-56-60-64-68-79(98)113-74(71-110-77(96)66-62-58-54-50-46-42-38-34-30-26-22-18-14-10-6-2)72-112-120(108,109)119-92-90(117-93-87(106)83(102)81(100)75(70-95)114-93)86(105)85(104)89(116-80(99)69-65-61-57-53-49-44-40-36-32-28-24-20-16-12-8-4)91(92)118-94-88(107)84(103)82(101)76(115-94)73-111-78(97)67-63-59-55-51-47-43-39-35-31-27-23-19-15-11-7-3/h28,32,74-76,81-95,100-107H,5-27,29-31,33-73H2,1-4H3,(H,108,109)/b32-28-. The highest BCUT2D eigenvalue weighted by atomic mass is 31.2. The summed E-state index contributed by atoms with van der Waals surface area (Å²) >= 11 is 0. The van der Waals surface area contributed by atoms with E-state index in [9.17, 15) is 74.6 Å². The molecule has 3 rings (SSSR count). The van der Waals surface area contributed by atoms with E-state index in [4.69, 9.17) is 46.9 Å². The topological polar surface area (TPSA) is 380 Å². The van der Waals surface area contributed by atoms with Gasteiger partial charge in [-0.1, -0.05) is 367 Å². The summed E-state index contributed by atoms with van der Waals surface area (Å²) in [6.45, 7) is 5.64. The average Bonchev–Trinajstić information content (AvgIpc) is 0.719. The van der Waals surface area contributed by atoms with Crippen molar-refractivity contribution in [3.63, 3.8) is 0 Å². The number of esters is 4. The fourth-order valence-corrected chi connectivity index (χ4v) is 17.2. The highest BCUT2D eigenvalue weighted by Gasteiger charge is 2.60. The van der Waals surface area contributed by atoms with Crippen molar-refractivity contribution in [3.8, 4) is 0 Å². The maximum atomic E-state index is 14.9. The minimum atomic E-state index is -5.81. The van der Waals surface area contributed by atoms with Crippen molar-refractivity contribution in [1.29, 1.82) is 0 Å². The Bertz CT molecular complexity index is 2530. The Balaban J connectivity index is 1.90. The summed E-state index contributed by atoms with van der Waals surface area (Å²) in [5.74, 6) is -2.95. The highest BCUT2D eigenvalue weighted by molar-refractivity contribution is 7.47. The first-order valence-electron chi connectivity index (χ1n) is 48.9.